The zero-order valence-corrected chi connectivity index (χ0v) is 10.8. The number of aromatic nitrogens is 2. The molecule has 92 valence electrons. The lowest BCUT2D eigenvalue weighted by Crippen LogP contribution is -1.93. The molecule has 2 aromatic rings. The third kappa shape index (κ3) is 1.95. The lowest BCUT2D eigenvalue weighted by Gasteiger charge is -2.08. The number of hydrogen-bond acceptors (Lipinski definition) is 3. The molecule has 0 bridgehead atoms. The van der Waals surface area contributed by atoms with Gasteiger partial charge in [-0.25, -0.2) is 4.98 Å². The normalized spacial score (nSPS) is 10.1. The largest absolute Gasteiger partial charge is 0.496 e. The third-order valence-electron chi connectivity index (χ3n) is 2.98. The highest BCUT2D eigenvalue weighted by Gasteiger charge is 2.12. The Bertz CT molecular complexity index is 608. The lowest BCUT2D eigenvalue weighted by molar-refractivity contribution is 0.410. The molecule has 0 aliphatic rings. The molecular weight excluding hydrogens is 226 g/mol. The standard InChI is InChI=1S/C14H15N3O/c1-4-10-7-11(5-6-13(10)18-3)14-12(8-15)17(2)9-16-14/h5-7,9H,4H2,1-3H3. The van der Waals surface area contributed by atoms with Crippen molar-refractivity contribution in [3.05, 3.63) is 35.8 Å². The number of nitrogens with zero attached hydrogens (tertiary/aromatic N) is 3. The van der Waals surface area contributed by atoms with Gasteiger partial charge < -0.3 is 9.30 Å². The van der Waals surface area contributed by atoms with Gasteiger partial charge in [0.2, 0.25) is 0 Å². The van der Waals surface area contributed by atoms with Gasteiger partial charge >= 0.3 is 0 Å². The number of aryl methyl sites for hydroxylation is 2. The molecule has 1 heterocycles. The van der Waals surface area contributed by atoms with Crippen molar-refractivity contribution in [2.24, 2.45) is 7.05 Å². The molecule has 0 atom stereocenters. The minimum atomic E-state index is 0.571. The van der Waals surface area contributed by atoms with Crippen LogP contribution in [-0.2, 0) is 13.5 Å². The average molecular weight is 241 g/mol. The van der Waals surface area contributed by atoms with E-state index < -0.39 is 0 Å². The first-order chi connectivity index (χ1) is 8.71. The van der Waals surface area contributed by atoms with Gasteiger partial charge in [0.1, 0.15) is 23.2 Å². The molecule has 0 saturated carbocycles. The quantitative estimate of drug-likeness (QED) is 0.829. The van der Waals surface area contributed by atoms with Gasteiger partial charge in [-0.05, 0) is 30.2 Å². The van der Waals surface area contributed by atoms with E-state index in [-0.39, 0.29) is 0 Å². The summed E-state index contributed by atoms with van der Waals surface area (Å²) in [6, 6.07) is 8.06. The second-order valence-electron chi connectivity index (χ2n) is 4.04. The molecule has 0 aliphatic carbocycles. The van der Waals surface area contributed by atoms with Crippen molar-refractivity contribution in [3.8, 4) is 23.1 Å². The van der Waals surface area contributed by atoms with Crippen LogP contribution in [0.1, 0.15) is 18.2 Å². The fraction of sp³-hybridized carbons (Fsp3) is 0.286. The van der Waals surface area contributed by atoms with E-state index in [0.29, 0.717) is 5.69 Å². The van der Waals surface area contributed by atoms with Crippen molar-refractivity contribution in [2.75, 3.05) is 7.11 Å². The number of nitriles is 1. The number of rotatable bonds is 3. The Labute approximate surface area is 106 Å². The summed E-state index contributed by atoms with van der Waals surface area (Å²) in [6.45, 7) is 2.07. The van der Waals surface area contributed by atoms with Crippen LogP contribution in [0.15, 0.2) is 24.5 Å². The first-order valence-electron chi connectivity index (χ1n) is 5.80. The molecule has 18 heavy (non-hydrogen) atoms. The lowest BCUT2D eigenvalue weighted by atomic mass is 10.0. The Morgan fingerprint density at radius 3 is 2.83 bits per heavy atom. The van der Waals surface area contributed by atoms with Crippen molar-refractivity contribution in [3.63, 3.8) is 0 Å². The predicted octanol–water partition coefficient (Wildman–Crippen LogP) is 2.53. The fourth-order valence-corrected chi connectivity index (χ4v) is 1.98. The molecule has 2 rings (SSSR count). The number of benzene rings is 1. The fourth-order valence-electron chi connectivity index (χ4n) is 1.98. The van der Waals surface area contributed by atoms with E-state index in [2.05, 4.69) is 18.0 Å². The maximum Gasteiger partial charge on any atom is 0.147 e. The van der Waals surface area contributed by atoms with Crippen LogP contribution in [-0.4, -0.2) is 16.7 Å². The highest BCUT2D eigenvalue weighted by Crippen LogP contribution is 2.27. The van der Waals surface area contributed by atoms with Gasteiger partial charge in [0.25, 0.3) is 0 Å². The van der Waals surface area contributed by atoms with Crippen LogP contribution in [0.3, 0.4) is 0 Å². The summed E-state index contributed by atoms with van der Waals surface area (Å²) in [5.74, 6) is 0.871. The topological polar surface area (TPSA) is 50.8 Å². The van der Waals surface area contributed by atoms with Crippen LogP contribution in [0.2, 0.25) is 0 Å². The van der Waals surface area contributed by atoms with Crippen LogP contribution in [0.5, 0.6) is 5.75 Å². The van der Waals surface area contributed by atoms with Gasteiger partial charge in [-0.1, -0.05) is 6.92 Å². The Hall–Kier alpha value is -2.28. The SMILES string of the molecule is CCc1cc(-c2ncn(C)c2C#N)ccc1OC. The average Bonchev–Trinajstić information content (AvgIpc) is 2.78. The molecule has 0 radical (unpaired) electrons. The van der Waals surface area contributed by atoms with Gasteiger partial charge in [-0.3, -0.25) is 0 Å². The van der Waals surface area contributed by atoms with Gasteiger partial charge in [-0.15, -0.1) is 0 Å². The van der Waals surface area contributed by atoms with E-state index in [0.717, 1.165) is 29.0 Å². The van der Waals surface area contributed by atoms with E-state index in [1.807, 2.05) is 25.2 Å². The van der Waals surface area contributed by atoms with Gasteiger partial charge in [0.05, 0.1) is 13.4 Å². The number of hydrogen-bond donors (Lipinski definition) is 0. The summed E-state index contributed by atoms with van der Waals surface area (Å²) in [5, 5.41) is 9.14. The van der Waals surface area contributed by atoms with Crippen LogP contribution in [0.25, 0.3) is 11.3 Å². The van der Waals surface area contributed by atoms with Crippen molar-refractivity contribution >= 4 is 0 Å². The molecular formula is C14H15N3O. The second kappa shape index (κ2) is 4.92. The van der Waals surface area contributed by atoms with Crippen molar-refractivity contribution in [2.45, 2.75) is 13.3 Å². The van der Waals surface area contributed by atoms with Crippen molar-refractivity contribution in [1.82, 2.24) is 9.55 Å². The summed E-state index contributed by atoms with van der Waals surface area (Å²) < 4.78 is 7.03. The summed E-state index contributed by atoms with van der Waals surface area (Å²) in [4.78, 5) is 4.29. The number of imidazole rings is 1. The molecule has 0 unspecified atom stereocenters. The molecule has 4 heteroatoms. The highest BCUT2D eigenvalue weighted by molar-refractivity contribution is 5.67. The van der Waals surface area contributed by atoms with E-state index in [4.69, 9.17) is 10.00 Å². The molecule has 0 amide bonds. The van der Waals surface area contributed by atoms with Crippen LogP contribution in [0, 0.1) is 11.3 Å². The van der Waals surface area contributed by atoms with Gasteiger partial charge in [0.15, 0.2) is 0 Å². The Kier molecular flexibility index (Phi) is 3.33. The third-order valence-corrected chi connectivity index (χ3v) is 2.98. The van der Waals surface area contributed by atoms with E-state index >= 15 is 0 Å². The van der Waals surface area contributed by atoms with E-state index in [9.17, 15) is 0 Å². The first-order valence-corrected chi connectivity index (χ1v) is 5.80. The Balaban J connectivity index is 2.55. The van der Waals surface area contributed by atoms with Crippen LogP contribution >= 0.6 is 0 Å². The minimum absolute atomic E-state index is 0.571. The van der Waals surface area contributed by atoms with Crippen molar-refractivity contribution < 1.29 is 4.74 Å². The van der Waals surface area contributed by atoms with Gasteiger partial charge in [0, 0.05) is 12.6 Å². The summed E-state index contributed by atoms with van der Waals surface area (Å²) in [7, 11) is 3.48. The predicted molar refractivity (Wildman–Crippen MR) is 69.3 cm³/mol. The molecule has 1 aromatic carbocycles. The Morgan fingerprint density at radius 2 is 2.22 bits per heavy atom. The van der Waals surface area contributed by atoms with Gasteiger partial charge in [-0.2, -0.15) is 5.26 Å². The summed E-state index contributed by atoms with van der Waals surface area (Å²) >= 11 is 0. The van der Waals surface area contributed by atoms with Crippen LogP contribution < -0.4 is 4.74 Å². The minimum Gasteiger partial charge on any atom is -0.496 e. The molecule has 0 N–H and O–H groups in total. The highest BCUT2D eigenvalue weighted by atomic mass is 16.5. The number of ether oxygens (including phenoxy) is 1. The summed E-state index contributed by atoms with van der Waals surface area (Å²) in [6.07, 6.45) is 2.54. The Morgan fingerprint density at radius 1 is 1.44 bits per heavy atom. The zero-order valence-electron chi connectivity index (χ0n) is 10.8. The zero-order chi connectivity index (χ0) is 13.1. The maximum atomic E-state index is 9.14. The smallest absolute Gasteiger partial charge is 0.147 e. The molecule has 0 saturated heterocycles. The van der Waals surface area contributed by atoms with E-state index in [1.54, 1.807) is 18.0 Å². The van der Waals surface area contributed by atoms with E-state index in [1.165, 1.54) is 0 Å². The summed E-state index contributed by atoms with van der Waals surface area (Å²) in [5.41, 5.74) is 3.36. The first kappa shape index (κ1) is 12.2. The second-order valence-corrected chi connectivity index (χ2v) is 4.04. The maximum absolute atomic E-state index is 9.14. The molecule has 4 nitrogen and oxygen atoms in total. The van der Waals surface area contributed by atoms with Crippen molar-refractivity contribution in [1.29, 1.82) is 5.26 Å². The molecule has 0 aliphatic heterocycles. The monoisotopic (exact) mass is 241 g/mol. The molecule has 0 spiro atoms. The molecule has 0 fully saturated rings. The molecule has 1 aromatic heterocycles. The van der Waals surface area contributed by atoms with Crippen LogP contribution in [0.4, 0.5) is 0 Å². The number of methoxy groups -OCH3 is 1.